The molecular formula is C14H15N3O3S. The average molecular weight is 305 g/mol. The third-order valence-corrected chi connectivity index (χ3v) is 3.79. The number of benzene rings is 1. The number of hydrogen-bond acceptors (Lipinski definition) is 5. The normalized spacial score (nSPS) is 10.0. The van der Waals surface area contributed by atoms with E-state index in [1.54, 1.807) is 30.5 Å². The number of carbonyl (C=O) groups is 2. The summed E-state index contributed by atoms with van der Waals surface area (Å²) in [6, 6.07) is 6.75. The lowest BCUT2D eigenvalue weighted by molar-refractivity contribution is 0.103. The highest BCUT2D eigenvalue weighted by Crippen LogP contribution is 2.17. The van der Waals surface area contributed by atoms with Gasteiger partial charge >= 0.3 is 6.09 Å². The van der Waals surface area contributed by atoms with Gasteiger partial charge in [0.1, 0.15) is 4.88 Å². The van der Waals surface area contributed by atoms with Crippen LogP contribution >= 0.6 is 11.3 Å². The van der Waals surface area contributed by atoms with Crippen LogP contribution in [0.1, 0.15) is 21.6 Å². The molecule has 7 heteroatoms. The van der Waals surface area contributed by atoms with Crippen molar-refractivity contribution in [3.63, 3.8) is 0 Å². The second kappa shape index (κ2) is 6.85. The van der Waals surface area contributed by atoms with E-state index in [1.807, 2.05) is 6.92 Å². The van der Waals surface area contributed by atoms with E-state index in [2.05, 4.69) is 20.4 Å². The number of nitrogens with one attached hydrogen (secondary N) is 2. The van der Waals surface area contributed by atoms with E-state index in [9.17, 15) is 9.59 Å². The number of hydrogen-bond donors (Lipinski definition) is 2. The SMILES string of the molecule is CCc1ncc(C(=O)Nc2ccc(NC(=O)OC)cc2)s1. The van der Waals surface area contributed by atoms with E-state index in [4.69, 9.17) is 0 Å². The molecule has 0 saturated heterocycles. The third kappa shape index (κ3) is 4.03. The van der Waals surface area contributed by atoms with Crippen molar-refractivity contribution in [2.24, 2.45) is 0 Å². The van der Waals surface area contributed by atoms with Crippen molar-refractivity contribution in [2.75, 3.05) is 17.7 Å². The minimum absolute atomic E-state index is 0.194. The number of methoxy groups -OCH3 is 1. The number of thiazole rings is 1. The number of nitrogens with zero attached hydrogens (tertiary/aromatic N) is 1. The van der Waals surface area contributed by atoms with E-state index in [0.717, 1.165) is 11.4 Å². The summed E-state index contributed by atoms with van der Waals surface area (Å²) in [6.07, 6.45) is 1.85. The monoisotopic (exact) mass is 305 g/mol. The summed E-state index contributed by atoms with van der Waals surface area (Å²) in [5.41, 5.74) is 1.23. The van der Waals surface area contributed by atoms with Gasteiger partial charge in [0.2, 0.25) is 0 Å². The van der Waals surface area contributed by atoms with E-state index in [1.165, 1.54) is 18.4 Å². The van der Waals surface area contributed by atoms with Crippen molar-refractivity contribution >= 4 is 34.7 Å². The minimum Gasteiger partial charge on any atom is -0.453 e. The number of amides is 2. The maximum absolute atomic E-state index is 12.0. The molecule has 0 aliphatic heterocycles. The fraction of sp³-hybridized carbons (Fsp3) is 0.214. The summed E-state index contributed by atoms with van der Waals surface area (Å²) in [7, 11) is 1.30. The fourth-order valence-electron chi connectivity index (χ4n) is 1.58. The molecular weight excluding hydrogens is 290 g/mol. The first-order chi connectivity index (χ1) is 10.1. The highest BCUT2D eigenvalue weighted by Gasteiger charge is 2.10. The Balaban J connectivity index is 1.99. The first kappa shape index (κ1) is 15.0. The van der Waals surface area contributed by atoms with Gasteiger partial charge in [-0.05, 0) is 30.7 Å². The van der Waals surface area contributed by atoms with Crippen molar-refractivity contribution in [3.05, 3.63) is 40.3 Å². The third-order valence-electron chi connectivity index (χ3n) is 2.65. The van der Waals surface area contributed by atoms with E-state index >= 15 is 0 Å². The molecule has 1 heterocycles. The molecule has 0 bridgehead atoms. The zero-order valence-corrected chi connectivity index (χ0v) is 12.5. The first-order valence-electron chi connectivity index (χ1n) is 6.33. The highest BCUT2D eigenvalue weighted by molar-refractivity contribution is 7.13. The quantitative estimate of drug-likeness (QED) is 0.909. The van der Waals surface area contributed by atoms with Crippen molar-refractivity contribution in [1.82, 2.24) is 4.98 Å². The van der Waals surface area contributed by atoms with Gasteiger partial charge in [0, 0.05) is 11.4 Å². The van der Waals surface area contributed by atoms with Gasteiger partial charge in [0.25, 0.3) is 5.91 Å². The number of carbonyl (C=O) groups excluding carboxylic acids is 2. The Morgan fingerprint density at radius 1 is 1.19 bits per heavy atom. The molecule has 0 atom stereocenters. The summed E-state index contributed by atoms with van der Waals surface area (Å²) >= 11 is 1.38. The van der Waals surface area contributed by atoms with Crippen LogP contribution in [0.25, 0.3) is 0 Å². The second-order valence-corrected chi connectivity index (χ2v) is 5.24. The molecule has 0 radical (unpaired) electrons. The van der Waals surface area contributed by atoms with E-state index in [0.29, 0.717) is 16.3 Å². The summed E-state index contributed by atoms with van der Waals surface area (Å²) in [4.78, 5) is 27.8. The lowest BCUT2D eigenvalue weighted by atomic mass is 10.3. The largest absolute Gasteiger partial charge is 0.453 e. The van der Waals surface area contributed by atoms with Gasteiger partial charge in [-0.3, -0.25) is 10.1 Å². The Bertz CT molecular complexity index is 637. The van der Waals surface area contributed by atoms with Crippen LogP contribution in [0.15, 0.2) is 30.5 Å². The van der Waals surface area contributed by atoms with Crippen LogP contribution in [0.3, 0.4) is 0 Å². The van der Waals surface area contributed by atoms with Gasteiger partial charge in [-0.25, -0.2) is 9.78 Å². The molecule has 110 valence electrons. The molecule has 1 aromatic carbocycles. The van der Waals surface area contributed by atoms with Crippen LogP contribution in [-0.4, -0.2) is 24.1 Å². The smallest absolute Gasteiger partial charge is 0.411 e. The maximum atomic E-state index is 12.0. The molecule has 0 aliphatic rings. The molecule has 1 aromatic heterocycles. The van der Waals surface area contributed by atoms with Crippen molar-refractivity contribution < 1.29 is 14.3 Å². The Labute approximate surface area is 126 Å². The summed E-state index contributed by atoms with van der Waals surface area (Å²) < 4.78 is 4.49. The van der Waals surface area contributed by atoms with Gasteiger partial charge in [-0.15, -0.1) is 11.3 Å². The topological polar surface area (TPSA) is 80.3 Å². The lowest BCUT2D eigenvalue weighted by Gasteiger charge is -2.06. The zero-order valence-electron chi connectivity index (χ0n) is 11.7. The predicted molar refractivity (Wildman–Crippen MR) is 81.9 cm³/mol. The molecule has 0 spiro atoms. The first-order valence-corrected chi connectivity index (χ1v) is 7.15. The molecule has 2 N–H and O–H groups in total. The highest BCUT2D eigenvalue weighted by atomic mass is 32.1. The van der Waals surface area contributed by atoms with Crippen LogP contribution in [-0.2, 0) is 11.2 Å². The van der Waals surface area contributed by atoms with Crippen LogP contribution < -0.4 is 10.6 Å². The second-order valence-electron chi connectivity index (χ2n) is 4.12. The summed E-state index contributed by atoms with van der Waals surface area (Å²) in [5, 5.41) is 6.24. The molecule has 2 amide bonds. The molecule has 6 nitrogen and oxygen atoms in total. The van der Waals surface area contributed by atoms with Crippen LogP contribution in [0, 0.1) is 0 Å². The number of aryl methyl sites for hydroxylation is 1. The van der Waals surface area contributed by atoms with Crippen LogP contribution in [0.2, 0.25) is 0 Å². The summed E-state index contributed by atoms with van der Waals surface area (Å²) in [6.45, 7) is 1.99. The molecule has 2 rings (SSSR count). The van der Waals surface area contributed by atoms with Gasteiger partial charge < -0.3 is 10.1 Å². The van der Waals surface area contributed by atoms with Crippen molar-refractivity contribution in [3.8, 4) is 0 Å². The Hall–Kier alpha value is -2.41. The molecule has 0 saturated carbocycles. The van der Waals surface area contributed by atoms with Gasteiger partial charge in [-0.2, -0.15) is 0 Å². The molecule has 0 unspecified atom stereocenters. The minimum atomic E-state index is -0.538. The summed E-state index contributed by atoms with van der Waals surface area (Å²) in [5.74, 6) is -0.194. The van der Waals surface area contributed by atoms with Crippen molar-refractivity contribution in [2.45, 2.75) is 13.3 Å². The number of rotatable bonds is 4. The Kier molecular flexibility index (Phi) is 4.89. The van der Waals surface area contributed by atoms with Crippen LogP contribution in [0.4, 0.5) is 16.2 Å². The molecule has 21 heavy (non-hydrogen) atoms. The average Bonchev–Trinajstić information content (AvgIpc) is 2.98. The van der Waals surface area contributed by atoms with Gasteiger partial charge in [-0.1, -0.05) is 6.92 Å². The number of ether oxygens (including phenoxy) is 1. The lowest BCUT2D eigenvalue weighted by Crippen LogP contribution is -2.12. The Morgan fingerprint density at radius 2 is 1.81 bits per heavy atom. The molecule has 2 aromatic rings. The van der Waals surface area contributed by atoms with E-state index in [-0.39, 0.29) is 5.91 Å². The standard InChI is InChI=1S/C14H15N3O3S/c1-3-12-15-8-11(21-12)13(18)16-9-4-6-10(7-5-9)17-14(19)20-2/h4-8H,3H2,1-2H3,(H,16,18)(H,17,19). The van der Waals surface area contributed by atoms with Gasteiger partial charge in [0.15, 0.2) is 0 Å². The Morgan fingerprint density at radius 3 is 2.33 bits per heavy atom. The van der Waals surface area contributed by atoms with Gasteiger partial charge in [0.05, 0.1) is 18.3 Å². The van der Waals surface area contributed by atoms with E-state index < -0.39 is 6.09 Å². The fourth-order valence-corrected chi connectivity index (χ4v) is 2.33. The molecule has 0 fully saturated rings. The van der Waals surface area contributed by atoms with Crippen LogP contribution in [0.5, 0.6) is 0 Å². The number of anilines is 2. The maximum Gasteiger partial charge on any atom is 0.411 e. The zero-order chi connectivity index (χ0) is 15.2. The number of aromatic nitrogens is 1. The predicted octanol–water partition coefficient (Wildman–Crippen LogP) is 3.14. The van der Waals surface area contributed by atoms with Crippen molar-refractivity contribution in [1.29, 1.82) is 0 Å². The molecule has 0 aliphatic carbocycles.